The van der Waals surface area contributed by atoms with Gasteiger partial charge in [-0.2, -0.15) is 13.2 Å². The number of carbonyl (C=O) groups is 2. The van der Waals surface area contributed by atoms with Crippen LogP contribution in [0.25, 0.3) is 11.0 Å². The molecule has 1 aromatic heterocycles. The van der Waals surface area contributed by atoms with E-state index in [9.17, 15) is 27.9 Å². The maximum atomic E-state index is 13.0. The highest BCUT2D eigenvalue weighted by Gasteiger charge is 2.31. The number of nitrogens with zero attached hydrogens (tertiary/aromatic N) is 3. The largest absolute Gasteiger partial charge is 0.416 e. The standard InChI is InChI=1S/C24H25F3N4O3/c1-15(33)30-10-8-18(14-30)16-6-7-21-20(13-16)28-23(31(21)9-3-11-32)29-22(34)17-4-2-5-19(12-17)24(25,26)27/h2,4-7,12-13,18,32H,3,8-11,14H2,1H3,(H,28,29,34). The number of alkyl halides is 3. The van der Waals surface area contributed by atoms with Gasteiger partial charge in [0.15, 0.2) is 0 Å². The molecule has 4 rings (SSSR count). The Balaban J connectivity index is 1.63. The molecule has 10 heteroatoms. The number of anilines is 1. The Hall–Kier alpha value is -3.40. The van der Waals surface area contributed by atoms with Crippen molar-refractivity contribution in [3.8, 4) is 0 Å². The van der Waals surface area contributed by atoms with Crippen LogP contribution in [0.15, 0.2) is 42.5 Å². The zero-order valence-electron chi connectivity index (χ0n) is 18.6. The van der Waals surface area contributed by atoms with Crippen molar-refractivity contribution in [3.63, 3.8) is 0 Å². The molecule has 7 nitrogen and oxygen atoms in total. The fraction of sp³-hybridized carbons (Fsp3) is 0.375. The van der Waals surface area contributed by atoms with Crippen LogP contribution < -0.4 is 5.32 Å². The van der Waals surface area contributed by atoms with E-state index in [2.05, 4.69) is 10.3 Å². The minimum Gasteiger partial charge on any atom is -0.396 e. The minimum absolute atomic E-state index is 0.0384. The highest BCUT2D eigenvalue weighted by molar-refractivity contribution is 6.04. The number of halogens is 3. The second-order valence-corrected chi connectivity index (χ2v) is 8.40. The smallest absolute Gasteiger partial charge is 0.396 e. The van der Waals surface area contributed by atoms with Crippen LogP contribution in [-0.4, -0.2) is 51.1 Å². The van der Waals surface area contributed by atoms with E-state index >= 15 is 0 Å². The summed E-state index contributed by atoms with van der Waals surface area (Å²) in [6.07, 6.45) is -3.30. The van der Waals surface area contributed by atoms with Gasteiger partial charge in [0.2, 0.25) is 11.9 Å². The highest BCUT2D eigenvalue weighted by atomic mass is 19.4. The average molecular weight is 474 g/mol. The lowest BCUT2D eigenvalue weighted by molar-refractivity contribution is -0.137. The van der Waals surface area contributed by atoms with E-state index in [1.807, 2.05) is 18.2 Å². The van der Waals surface area contributed by atoms with Gasteiger partial charge in [-0.3, -0.25) is 14.9 Å². The van der Waals surface area contributed by atoms with Crippen molar-refractivity contribution < 1.29 is 27.9 Å². The SMILES string of the molecule is CC(=O)N1CCC(c2ccc3c(c2)nc(NC(=O)c2cccc(C(F)(F)F)c2)n3CCCO)C1. The normalized spacial score (nSPS) is 16.3. The Bertz CT molecular complexity index is 1220. The molecule has 1 fully saturated rings. The van der Waals surface area contributed by atoms with E-state index in [-0.39, 0.29) is 29.9 Å². The number of rotatable bonds is 6. The van der Waals surface area contributed by atoms with Crippen LogP contribution in [0.2, 0.25) is 0 Å². The molecule has 0 radical (unpaired) electrons. The van der Waals surface area contributed by atoms with Gasteiger partial charge in [-0.15, -0.1) is 0 Å². The molecule has 2 N–H and O–H groups in total. The number of likely N-dealkylation sites (tertiary alicyclic amines) is 1. The Morgan fingerprint density at radius 3 is 2.68 bits per heavy atom. The molecule has 2 heterocycles. The second kappa shape index (κ2) is 9.46. The summed E-state index contributed by atoms with van der Waals surface area (Å²) in [6.45, 7) is 3.17. The van der Waals surface area contributed by atoms with Crippen molar-refractivity contribution in [1.82, 2.24) is 14.5 Å². The third-order valence-corrected chi connectivity index (χ3v) is 6.09. The van der Waals surface area contributed by atoms with Crippen LogP contribution in [0.5, 0.6) is 0 Å². The topological polar surface area (TPSA) is 87.5 Å². The predicted octanol–water partition coefficient (Wildman–Crippen LogP) is 4.03. The van der Waals surface area contributed by atoms with Gasteiger partial charge in [0.1, 0.15) is 0 Å². The summed E-state index contributed by atoms with van der Waals surface area (Å²) in [6, 6.07) is 9.96. The molecule has 2 amide bonds. The second-order valence-electron chi connectivity index (χ2n) is 8.40. The fourth-order valence-electron chi connectivity index (χ4n) is 4.28. The molecule has 2 aromatic carbocycles. The Labute approximate surface area is 194 Å². The van der Waals surface area contributed by atoms with Crippen LogP contribution >= 0.6 is 0 Å². The van der Waals surface area contributed by atoms with Crippen molar-refractivity contribution in [1.29, 1.82) is 0 Å². The number of benzene rings is 2. The molecule has 0 saturated carbocycles. The number of aliphatic hydroxyl groups is 1. The van der Waals surface area contributed by atoms with E-state index in [4.69, 9.17) is 0 Å². The molecule has 1 atom stereocenters. The van der Waals surface area contributed by atoms with Gasteiger partial charge in [-0.1, -0.05) is 12.1 Å². The highest BCUT2D eigenvalue weighted by Crippen LogP contribution is 2.32. The zero-order valence-corrected chi connectivity index (χ0v) is 18.6. The summed E-state index contributed by atoms with van der Waals surface area (Å²) in [5.41, 5.74) is 1.34. The van der Waals surface area contributed by atoms with E-state index in [1.165, 1.54) is 12.1 Å². The molecule has 34 heavy (non-hydrogen) atoms. The quantitative estimate of drug-likeness (QED) is 0.565. The average Bonchev–Trinajstić information content (AvgIpc) is 3.42. The van der Waals surface area contributed by atoms with Crippen LogP contribution in [-0.2, 0) is 17.5 Å². The van der Waals surface area contributed by atoms with Gasteiger partial charge < -0.3 is 14.6 Å². The van der Waals surface area contributed by atoms with E-state index < -0.39 is 17.6 Å². The number of imidazole rings is 1. The van der Waals surface area contributed by atoms with Crippen molar-refractivity contribution in [3.05, 3.63) is 59.2 Å². The summed E-state index contributed by atoms with van der Waals surface area (Å²) in [5, 5.41) is 11.9. The predicted molar refractivity (Wildman–Crippen MR) is 120 cm³/mol. The molecular formula is C24H25F3N4O3. The number of fused-ring (bicyclic) bond motifs is 1. The number of aromatic nitrogens is 2. The van der Waals surface area contributed by atoms with Crippen molar-refractivity contribution in [2.24, 2.45) is 0 Å². The number of hydrogen-bond donors (Lipinski definition) is 2. The number of nitrogens with one attached hydrogen (secondary N) is 1. The van der Waals surface area contributed by atoms with E-state index in [1.54, 1.807) is 16.4 Å². The first-order valence-electron chi connectivity index (χ1n) is 11.0. The van der Waals surface area contributed by atoms with E-state index in [0.29, 0.717) is 31.6 Å². The van der Waals surface area contributed by atoms with Crippen molar-refractivity contribution in [2.45, 2.75) is 38.4 Å². The Morgan fingerprint density at radius 1 is 1.21 bits per heavy atom. The molecular weight excluding hydrogens is 449 g/mol. The van der Waals surface area contributed by atoms with Gasteiger partial charge in [0, 0.05) is 44.6 Å². The molecule has 0 spiro atoms. The molecule has 1 aliphatic heterocycles. The number of hydrogen-bond acceptors (Lipinski definition) is 4. The number of aryl methyl sites for hydroxylation is 1. The summed E-state index contributed by atoms with van der Waals surface area (Å²) >= 11 is 0. The lowest BCUT2D eigenvalue weighted by atomic mass is 9.98. The summed E-state index contributed by atoms with van der Waals surface area (Å²) < 4.78 is 40.9. The number of amides is 2. The first kappa shape index (κ1) is 23.7. The monoisotopic (exact) mass is 474 g/mol. The van der Waals surface area contributed by atoms with Crippen LogP contribution in [0, 0.1) is 0 Å². The van der Waals surface area contributed by atoms with Gasteiger partial charge in [-0.25, -0.2) is 4.98 Å². The molecule has 1 saturated heterocycles. The Morgan fingerprint density at radius 2 is 2.00 bits per heavy atom. The maximum absolute atomic E-state index is 13.0. The zero-order chi connectivity index (χ0) is 24.5. The third kappa shape index (κ3) is 4.91. The van der Waals surface area contributed by atoms with Crippen LogP contribution in [0.3, 0.4) is 0 Å². The van der Waals surface area contributed by atoms with E-state index in [0.717, 1.165) is 29.6 Å². The first-order chi connectivity index (χ1) is 16.2. The van der Waals surface area contributed by atoms with Gasteiger partial charge >= 0.3 is 6.18 Å². The number of carbonyl (C=O) groups excluding carboxylic acids is 2. The molecule has 1 unspecified atom stereocenters. The van der Waals surface area contributed by atoms with Gasteiger partial charge in [0.25, 0.3) is 5.91 Å². The number of aliphatic hydroxyl groups excluding tert-OH is 1. The first-order valence-corrected chi connectivity index (χ1v) is 11.0. The Kier molecular flexibility index (Phi) is 6.60. The van der Waals surface area contributed by atoms with Crippen molar-refractivity contribution in [2.75, 3.05) is 25.0 Å². The van der Waals surface area contributed by atoms with Crippen LogP contribution in [0.1, 0.15) is 47.2 Å². The lowest BCUT2D eigenvalue weighted by Crippen LogP contribution is -2.25. The summed E-state index contributed by atoms with van der Waals surface area (Å²) in [4.78, 5) is 30.8. The maximum Gasteiger partial charge on any atom is 0.416 e. The fourth-order valence-corrected chi connectivity index (χ4v) is 4.28. The summed E-state index contributed by atoms with van der Waals surface area (Å²) in [5.74, 6) is -0.296. The molecule has 0 aliphatic carbocycles. The third-order valence-electron chi connectivity index (χ3n) is 6.09. The van der Waals surface area contributed by atoms with Crippen LogP contribution in [0.4, 0.5) is 19.1 Å². The minimum atomic E-state index is -4.56. The van der Waals surface area contributed by atoms with Gasteiger partial charge in [0.05, 0.1) is 16.6 Å². The van der Waals surface area contributed by atoms with Crippen molar-refractivity contribution >= 4 is 28.8 Å². The molecule has 1 aliphatic rings. The van der Waals surface area contributed by atoms with Gasteiger partial charge in [-0.05, 0) is 48.7 Å². The molecule has 0 bridgehead atoms. The summed E-state index contributed by atoms with van der Waals surface area (Å²) in [7, 11) is 0. The lowest BCUT2D eigenvalue weighted by Gasteiger charge is -2.14. The molecule has 180 valence electrons. The molecule has 3 aromatic rings.